The van der Waals surface area contributed by atoms with E-state index in [-0.39, 0.29) is 17.0 Å². The molecule has 4 atom stereocenters. The van der Waals surface area contributed by atoms with Gasteiger partial charge in [0.25, 0.3) is 5.91 Å². The van der Waals surface area contributed by atoms with Gasteiger partial charge in [-0.3, -0.25) is 13.5 Å². The average molecular weight is 988 g/mol. The predicted octanol–water partition coefficient (Wildman–Crippen LogP) is 10.6. The molecule has 7 aromatic carbocycles. The van der Waals surface area contributed by atoms with E-state index in [9.17, 15) is 26.4 Å². The van der Waals surface area contributed by atoms with Crippen LogP contribution >= 0.6 is 0 Å². The Balaban J connectivity index is 1.18. The molecular weight excluding hydrogens is 944 g/mol. The fourth-order valence-corrected chi connectivity index (χ4v) is 9.95. The summed E-state index contributed by atoms with van der Waals surface area (Å²) in [5.41, 5.74) is -4.94. The molecule has 3 heterocycles. The van der Waals surface area contributed by atoms with Gasteiger partial charge in [0.05, 0.1) is 12.9 Å². The highest BCUT2D eigenvalue weighted by atomic mass is 32.2. The number of hydrogen-bond acceptors (Lipinski definition) is 10. The van der Waals surface area contributed by atoms with Crippen LogP contribution in [0.1, 0.15) is 50.0 Å². The fourth-order valence-electron chi connectivity index (χ4n) is 9.31. The predicted molar refractivity (Wildman–Crippen MR) is 263 cm³/mol. The normalized spacial score (nSPS) is 17.4. The second-order valence-corrected chi connectivity index (χ2v) is 18.4. The lowest BCUT2D eigenvalue weighted by Crippen LogP contribution is -2.48. The molecule has 72 heavy (non-hydrogen) atoms. The molecule has 1 aliphatic rings. The highest BCUT2D eigenvalue weighted by molar-refractivity contribution is 7.87. The fraction of sp³-hybridized carbons (Fsp3) is 0.143. The largest absolute Gasteiger partial charge is 0.523 e. The van der Waals surface area contributed by atoms with E-state index in [0.717, 1.165) is 0 Å². The standard InChI is InChI=1S/C56H44F3N5O7S/c57-56(58,59)72(66,67)71-48-46(36-68-54(40-24-10-2-11-25-40,41-26-12-3-13-27-41)42-28-14-4-15-29-42)69-53(64-38-62-47-50(60-37-61-51(47)64)63-52(65)39-22-8-1-9-23-39)49(48)70-55(43-30-16-5-17-31-43,44-32-18-6-19-33-44)45-34-20-7-21-35-45/h1-35,37-38,46,48-49,53H,36H2,(H,60,61,63,65)/t46-,48-,49-,53-/m1/s1. The molecule has 1 aliphatic heterocycles. The zero-order chi connectivity index (χ0) is 49.8. The van der Waals surface area contributed by atoms with E-state index in [1.807, 2.05) is 146 Å². The number of nitrogens with one attached hydrogen (secondary N) is 1. The molecule has 10 rings (SSSR count). The number of fused-ring (bicyclic) bond motifs is 1. The number of nitrogens with zero attached hydrogens (tertiary/aromatic N) is 4. The minimum Gasteiger partial charge on any atom is -0.358 e. The number of rotatable bonds is 16. The topological polar surface area (TPSA) is 144 Å². The molecule has 9 aromatic rings. The molecule has 0 bridgehead atoms. The third-order valence-electron chi connectivity index (χ3n) is 12.6. The summed E-state index contributed by atoms with van der Waals surface area (Å²) in [6.07, 6.45) is -4.54. The van der Waals surface area contributed by atoms with Gasteiger partial charge in [-0.05, 0) is 45.5 Å². The quantitative estimate of drug-likeness (QED) is 0.0564. The first kappa shape index (κ1) is 47.8. The van der Waals surface area contributed by atoms with Crippen molar-refractivity contribution < 1.29 is 44.8 Å². The first-order valence-corrected chi connectivity index (χ1v) is 24.2. The molecule has 16 heteroatoms. The summed E-state index contributed by atoms with van der Waals surface area (Å²) >= 11 is 0. The Morgan fingerprint density at radius 3 is 1.42 bits per heavy atom. The molecule has 12 nitrogen and oxygen atoms in total. The SMILES string of the molecule is O=C(Nc1ncnc2c1ncn2[C@@H]1O[C@H](COC(c2ccccc2)(c2ccccc2)c2ccccc2)[C@@H](OS(=O)(=O)C(F)(F)F)[C@H]1OC(c1ccccc1)(c1ccccc1)c1ccccc1)c1ccccc1. The maximum Gasteiger partial charge on any atom is 0.523 e. The molecular formula is C56H44F3N5O7S. The Labute approximate surface area is 412 Å². The molecule has 1 N–H and O–H groups in total. The molecule has 0 radical (unpaired) electrons. The van der Waals surface area contributed by atoms with Gasteiger partial charge < -0.3 is 19.5 Å². The van der Waals surface area contributed by atoms with Gasteiger partial charge in [-0.15, -0.1) is 0 Å². The lowest BCUT2D eigenvalue weighted by molar-refractivity contribution is -0.122. The van der Waals surface area contributed by atoms with Gasteiger partial charge in [0.2, 0.25) is 0 Å². The molecule has 2 aromatic heterocycles. The molecule has 1 amide bonds. The molecule has 0 aliphatic carbocycles. The van der Waals surface area contributed by atoms with Gasteiger partial charge in [-0.2, -0.15) is 21.6 Å². The smallest absolute Gasteiger partial charge is 0.358 e. The van der Waals surface area contributed by atoms with Crippen LogP contribution in [0.25, 0.3) is 11.2 Å². The number of benzene rings is 7. The Kier molecular flexibility index (Phi) is 13.3. The highest BCUT2D eigenvalue weighted by Crippen LogP contribution is 2.49. The Morgan fingerprint density at radius 1 is 0.569 bits per heavy atom. The number of carbonyl (C=O) groups excluding carboxylic acids is 1. The minimum atomic E-state index is -6.40. The molecule has 1 fully saturated rings. The van der Waals surface area contributed by atoms with Crippen LogP contribution in [0.15, 0.2) is 225 Å². The van der Waals surface area contributed by atoms with Gasteiger partial charge in [0.15, 0.2) is 23.2 Å². The van der Waals surface area contributed by atoms with Crippen molar-refractivity contribution in [2.24, 2.45) is 0 Å². The van der Waals surface area contributed by atoms with Crippen LogP contribution in [0.2, 0.25) is 0 Å². The van der Waals surface area contributed by atoms with Crippen LogP contribution in [-0.4, -0.2) is 64.3 Å². The van der Waals surface area contributed by atoms with Crippen LogP contribution < -0.4 is 5.32 Å². The Bertz CT molecular complexity index is 3170. The Hall–Kier alpha value is -7.86. The summed E-state index contributed by atoms with van der Waals surface area (Å²) in [4.78, 5) is 26.9. The number of amides is 1. The van der Waals surface area contributed by atoms with Crippen molar-refractivity contribution in [3.05, 3.63) is 264 Å². The van der Waals surface area contributed by atoms with Crippen molar-refractivity contribution >= 4 is 33.0 Å². The van der Waals surface area contributed by atoms with Crippen LogP contribution in [0.5, 0.6) is 0 Å². The van der Waals surface area contributed by atoms with Crippen LogP contribution in [0, 0.1) is 0 Å². The molecule has 0 unspecified atom stereocenters. The molecule has 0 spiro atoms. The lowest BCUT2D eigenvalue weighted by Gasteiger charge is -2.40. The van der Waals surface area contributed by atoms with E-state index in [4.69, 9.17) is 18.4 Å². The van der Waals surface area contributed by atoms with Gasteiger partial charge in [0, 0.05) is 5.56 Å². The molecule has 0 saturated carbocycles. The zero-order valence-electron chi connectivity index (χ0n) is 38.1. The second-order valence-electron chi connectivity index (χ2n) is 16.8. The van der Waals surface area contributed by atoms with Gasteiger partial charge in [-0.25, -0.2) is 15.0 Å². The summed E-state index contributed by atoms with van der Waals surface area (Å²) in [6.45, 7) is -0.567. The van der Waals surface area contributed by atoms with E-state index in [2.05, 4.69) is 20.3 Å². The van der Waals surface area contributed by atoms with E-state index < -0.39 is 63.9 Å². The molecule has 362 valence electrons. The maximum atomic E-state index is 14.9. The number of halogens is 3. The minimum absolute atomic E-state index is 0.0148. The summed E-state index contributed by atoms with van der Waals surface area (Å²) in [5, 5.41) is 2.78. The van der Waals surface area contributed by atoms with E-state index in [1.165, 1.54) is 17.2 Å². The van der Waals surface area contributed by atoms with Crippen molar-refractivity contribution in [3.63, 3.8) is 0 Å². The van der Waals surface area contributed by atoms with Crippen molar-refractivity contribution in [2.45, 2.75) is 41.3 Å². The van der Waals surface area contributed by atoms with Crippen LogP contribution in [0.3, 0.4) is 0 Å². The van der Waals surface area contributed by atoms with Crippen molar-refractivity contribution in [2.75, 3.05) is 11.9 Å². The van der Waals surface area contributed by atoms with Crippen LogP contribution in [-0.2, 0) is 39.7 Å². The number of alkyl halides is 3. The van der Waals surface area contributed by atoms with Crippen molar-refractivity contribution in [1.82, 2.24) is 19.5 Å². The number of carbonyl (C=O) groups is 1. The first-order chi connectivity index (χ1) is 35.0. The van der Waals surface area contributed by atoms with Crippen LogP contribution in [0.4, 0.5) is 19.0 Å². The monoisotopic (exact) mass is 987 g/mol. The number of hydrogen-bond donors (Lipinski definition) is 1. The summed E-state index contributed by atoms with van der Waals surface area (Å²) in [6, 6.07) is 63.3. The third kappa shape index (κ3) is 9.06. The average Bonchev–Trinajstić information content (AvgIpc) is 4.00. The summed E-state index contributed by atoms with van der Waals surface area (Å²) in [5.74, 6) is -0.482. The number of anilines is 1. The van der Waals surface area contributed by atoms with Gasteiger partial charge >= 0.3 is 15.6 Å². The van der Waals surface area contributed by atoms with Gasteiger partial charge in [-0.1, -0.05) is 200 Å². The third-order valence-corrected chi connectivity index (χ3v) is 13.6. The maximum absolute atomic E-state index is 14.9. The number of aromatic nitrogens is 4. The highest BCUT2D eigenvalue weighted by Gasteiger charge is 2.58. The van der Waals surface area contributed by atoms with E-state index in [1.54, 1.807) is 66.7 Å². The van der Waals surface area contributed by atoms with E-state index >= 15 is 0 Å². The summed E-state index contributed by atoms with van der Waals surface area (Å²) < 4.78 is 100. The number of ether oxygens (including phenoxy) is 3. The van der Waals surface area contributed by atoms with Gasteiger partial charge in [0.1, 0.15) is 35.8 Å². The van der Waals surface area contributed by atoms with Crippen molar-refractivity contribution in [1.29, 1.82) is 0 Å². The second kappa shape index (κ2) is 20.1. The molecule has 1 saturated heterocycles. The Morgan fingerprint density at radius 2 is 0.986 bits per heavy atom. The zero-order valence-corrected chi connectivity index (χ0v) is 38.9. The van der Waals surface area contributed by atoms with E-state index in [0.29, 0.717) is 38.9 Å². The summed E-state index contributed by atoms with van der Waals surface area (Å²) in [7, 11) is -6.40. The lowest BCUT2D eigenvalue weighted by atomic mass is 9.79. The van der Waals surface area contributed by atoms with Crippen molar-refractivity contribution in [3.8, 4) is 0 Å². The number of imidazole rings is 1. The first-order valence-electron chi connectivity index (χ1n) is 22.8.